The second-order valence-electron chi connectivity index (χ2n) is 3.47. The molecule has 1 radical (unpaired) electrons. The number of terminal acetylenes is 1. The van der Waals surface area contributed by atoms with Gasteiger partial charge in [-0.05, 0) is 24.7 Å². The van der Waals surface area contributed by atoms with Gasteiger partial charge in [-0.2, -0.15) is 0 Å². The molecule has 0 aromatic heterocycles. The van der Waals surface area contributed by atoms with E-state index in [1.807, 2.05) is 0 Å². The van der Waals surface area contributed by atoms with Crippen LogP contribution >= 0.6 is 0 Å². The summed E-state index contributed by atoms with van der Waals surface area (Å²) >= 11 is 0. The van der Waals surface area contributed by atoms with Crippen LogP contribution in [0.2, 0.25) is 0 Å². The van der Waals surface area contributed by atoms with Gasteiger partial charge in [-0.3, -0.25) is 0 Å². The van der Waals surface area contributed by atoms with Gasteiger partial charge in [0.15, 0.2) is 0 Å². The molecule has 57 valence electrons. The van der Waals surface area contributed by atoms with Gasteiger partial charge in [0.1, 0.15) is 0 Å². The highest BCUT2D eigenvalue weighted by molar-refractivity contribution is 4.84. The molecule has 0 amide bonds. The highest BCUT2D eigenvalue weighted by Crippen LogP contribution is 2.26. The third-order valence-electron chi connectivity index (χ3n) is 1.85. The van der Waals surface area contributed by atoms with Crippen LogP contribution < -0.4 is 0 Å². The summed E-state index contributed by atoms with van der Waals surface area (Å²) in [5.74, 6) is 2.64. The zero-order chi connectivity index (χ0) is 8.04. The average molecular weight is 137 g/mol. The van der Waals surface area contributed by atoms with E-state index in [4.69, 9.17) is 6.42 Å². The van der Waals surface area contributed by atoms with Gasteiger partial charge in [-0.15, -0.1) is 12.3 Å². The highest BCUT2D eigenvalue weighted by Gasteiger charge is 2.13. The van der Waals surface area contributed by atoms with E-state index in [9.17, 15) is 0 Å². The lowest BCUT2D eigenvalue weighted by molar-refractivity contribution is 0.330. The maximum Gasteiger partial charge on any atom is 0.00862 e. The van der Waals surface area contributed by atoms with Gasteiger partial charge in [0.2, 0.25) is 0 Å². The van der Waals surface area contributed by atoms with Crippen LogP contribution in [-0.4, -0.2) is 0 Å². The third kappa shape index (κ3) is 4.44. The van der Waals surface area contributed by atoms with Gasteiger partial charge in [0, 0.05) is 6.42 Å². The largest absolute Gasteiger partial charge is 0.120 e. The van der Waals surface area contributed by atoms with Crippen molar-refractivity contribution >= 4 is 0 Å². The van der Waals surface area contributed by atoms with Crippen molar-refractivity contribution < 1.29 is 0 Å². The van der Waals surface area contributed by atoms with Crippen LogP contribution in [0.15, 0.2) is 0 Å². The summed E-state index contributed by atoms with van der Waals surface area (Å²) in [5.41, 5.74) is 0.386. The molecule has 0 heteroatoms. The summed E-state index contributed by atoms with van der Waals surface area (Å²) in [7, 11) is 0. The molecular weight excluding hydrogens is 120 g/mol. The first-order valence-corrected chi connectivity index (χ1v) is 3.85. The Morgan fingerprint density at radius 1 is 1.50 bits per heavy atom. The molecule has 0 bridgehead atoms. The summed E-state index contributed by atoms with van der Waals surface area (Å²) in [6, 6.07) is 0. The molecule has 0 rings (SSSR count). The van der Waals surface area contributed by atoms with E-state index in [2.05, 4.69) is 26.7 Å². The molecule has 0 saturated heterocycles. The first-order valence-electron chi connectivity index (χ1n) is 3.85. The summed E-state index contributed by atoms with van der Waals surface area (Å²) in [4.78, 5) is 0. The molecule has 0 spiro atoms. The van der Waals surface area contributed by atoms with E-state index >= 15 is 0 Å². The van der Waals surface area contributed by atoms with Crippen LogP contribution in [0.1, 0.15) is 39.5 Å². The van der Waals surface area contributed by atoms with Gasteiger partial charge < -0.3 is 0 Å². The predicted octanol–water partition coefficient (Wildman–Crippen LogP) is 3.04. The zero-order valence-electron chi connectivity index (χ0n) is 7.11. The molecule has 0 saturated carbocycles. The van der Waals surface area contributed by atoms with Crippen molar-refractivity contribution in [3.8, 4) is 12.3 Å². The van der Waals surface area contributed by atoms with E-state index in [0.717, 1.165) is 19.3 Å². The van der Waals surface area contributed by atoms with Crippen molar-refractivity contribution in [1.82, 2.24) is 0 Å². The van der Waals surface area contributed by atoms with Gasteiger partial charge in [-0.1, -0.05) is 20.8 Å². The Hall–Kier alpha value is -0.440. The summed E-state index contributed by atoms with van der Waals surface area (Å²) in [5, 5.41) is 0. The number of hydrogen-bond donors (Lipinski definition) is 0. The molecule has 0 unspecified atom stereocenters. The predicted molar refractivity (Wildman–Crippen MR) is 46.4 cm³/mol. The molecule has 0 atom stereocenters. The molecule has 0 aromatic carbocycles. The van der Waals surface area contributed by atoms with Crippen LogP contribution in [0, 0.1) is 24.7 Å². The van der Waals surface area contributed by atoms with Crippen LogP contribution in [-0.2, 0) is 0 Å². The van der Waals surface area contributed by atoms with E-state index in [1.165, 1.54) is 6.42 Å². The number of rotatable bonds is 4. The minimum Gasteiger partial charge on any atom is -0.120 e. The van der Waals surface area contributed by atoms with Crippen LogP contribution in [0.4, 0.5) is 0 Å². The molecular formula is C10H17. The first kappa shape index (κ1) is 9.56. The Bertz CT molecular complexity index is 114. The van der Waals surface area contributed by atoms with Crippen LogP contribution in [0.5, 0.6) is 0 Å². The quantitative estimate of drug-likeness (QED) is 0.412. The third-order valence-corrected chi connectivity index (χ3v) is 1.85. The molecule has 0 fully saturated rings. The maximum absolute atomic E-state index is 5.13. The Morgan fingerprint density at radius 2 is 2.10 bits per heavy atom. The van der Waals surface area contributed by atoms with E-state index in [-0.39, 0.29) is 0 Å². The molecule has 0 aliphatic carbocycles. The first-order chi connectivity index (χ1) is 4.62. The van der Waals surface area contributed by atoms with Crippen molar-refractivity contribution in [2.45, 2.75) is 39.5 Å². The molecule has 0 aliphatic heterocycles. The Morgan fingerprint density at radius 3 is 2.50 bits per heavy atom. The Balaban J connectivity index is 3.39. The zero-order valence-corrected chi connectivity index (χ0v) is 7.11. The number of hydrogen-bond acceptors (Lipinski definition) is 0. The average Bonchev–Trinajstić information content (AvgIpc) is 1.89. The van der Waals surface area contributed by atoms with Crippen molar-refractivity contribution in [1.29, 1.82) is 0 Å². The number of unbranched alkanes of at least 4 members (excludes halogenated alkanes) is 1. The molecule has 10 heavy (non-hydrogen) atoms. The van der Waals surface area contributed by atoms with Crippen molar-refractivity contribution in [3.63, 3.8) is 0 Å². The highest BCUT2D eigenvalue weighted by atomic mass is 14.2. The Kier molecular flexibility index (Phi) is 4.19. The molecule has 0 heterocycles. The smallest absolute Gasteiger partial charge is 0.00862 e. The maximum atomic E-state index is 5.13. The Labute approximate surface area is 65.0 Å². The molecule has 0 N–H and O–H groups in total. The SMILES string of the molecule is C#CCCCC(C)(C)C[CH2]. The van der Waals surface area contributed by atoms with E-state index < -0.39 is 0 Å². The van der Waals surface area contributed by atoms with Crippen LogP contribution in [0.25, 0.3) is 0 Å². The van der Waals surface area contributed by atoms with E-state index in [1.54, 1.807) is 0 Å². The standard InChI is InChI=1S/C10H17/c1-5-7-8-9-10(3,4)6-2/h1H,2,6-9H2,3-4H3. The summed E-state index contributed by atoms with van der Waals surface area (Å²) < 4.78 is 0. The lowest BCUT2D eigenvalue weighted by Gasteiger charge is -2.21. The van der Waals surface area contributed by atoms with Gasteiger partial charge in [0.25, 0.3) is 0 Å². The van der Waals surface area contributed by atoms with Gasteiger partial charge >= 0.3 is 0 Å². The fourth-order valence-electron chi connectivity index (χ4n) is 0.794. The van der Waals surface area contributed by atoms with Crippen molar-refractivity contribution in [2.24, 2.45) is 5.41 Å². The molecule has 0 aromatic rings. The minimum absolute atomic E-state index is 0.386. The van der Waals surface area contributed by atoms with E-state index in [0.29, 0.717) is 5.41 Å². The van der Waals surface area contributed by atoms with Crippen molar-refractivity contribution in [2.75, 3.05) is 0 Å². The van der Waals surface area contributed by atoms with Gasteiger partial charge in [-0.25, -0.2) is 0 Å². The normalized spacial score (nSPS) is 11.0. The molecule has 0 aliphatic rings. The lowest BCUT2D eigenvalue weighted by Crippen LogP contribution is -2.08. The molecule has 0 nitrogen and oxygen atoms in total. The van der Waals surface area contributed by atoms with Crippen molar-refractivity contribution in [3.05, 3.63) is 6.92 Å². The second kappa shape index (κ2) is 4.39. The topological polar surface area (TPSA) is 0 Å². The van der Waals surface area contributed by atoms with Gasteiger partial charge in [0.05, 0.1) is 0 Å². The minimum atomic E-state index is 0.386. The summed E-state index contributed by atoms with van der Waals surface area (Å²) in [6.45, 7) is 8.35. The fourth-order valence-corrected chi connectivity index (χ4v) is 0.794. The second-order valence-corrected chi connectivity index (χ2v) is 3.47. The summed E-state index contributed by atoms with van der Waals surface area (Å²) in [6.07, 6.45) is 9.37. The fraction of sp³-hybridized carbons (Fsp3) is 0.700. The van der Waals surface area contributed by atoms with Crippen LogP contribution in [0.3, 0.4) is 0 Å². The lowest BCUT2D eigenvalue weighted by atomic mass is 9.85. The monoisotopic (exact) mass is 137 g/mol.